The lowest BCUT2D eigenvalue weighted by molar-refractivity contribution is 0.0936. The average Bonchev–Trinajstić information content (AvgIpc) is 2.47. The van der Waals surface area contributed by atoms with Gasteiger partial charge in [-0.2, -0.15) is 0 Å². The molecule has 0 spiro atoms. The van der Waals surface area contributed by atoms with Crippen molar-refractivity contribution in [2.45, 2.75) is 13.0 Å². The van der Waals surface area contributed by atoms with Gasteiger partial charge in [-0.3, -0.25) is 4.79 Å². The molecular formula is C15H17N3O2. The molecule has 0 saturated heterocycles. The van der Waals surface area contributed by atoms with Crippen molar-refractivity contribution in [2.24, 2.45) is 0 Å². The molecule has 5 nitrogen and oxygen atoms in total. The van der Waals surface area contributed by atoms with E-state index >= 15 is 0 Å². The fourth-order valence-corrected chi connectivity index (χ4v) is 1.98. The Morgan fingerprint density at radius 1 is 1.30 bits per heavy atom. The van der Waals surface area contributed by atoms with Gasteiger partial charge in [0.15, 0.2) is 0 Å². The van der Waals surface area contributed by atoms with Crippen LogP contribution in [0.4, 0.5) is 5.69 Å². The molecule has 1 amide bonds. The van der Waals surface area contributed by atoms with Crippen molar-refractivity contribution >= 4 is 11.6 Å². The van der Waals surface area contributed by atoms with E-state index in [1.165, 1.54) is 7.11 Å². The molecule has 5 heteroatoms. The van der Waals surface area contributed by atoms with Gasteiger partial charge in [0.1, 0.15) is 5.56 Å². The zero-order valence-corrected chi connectivity index (χ0v) is 11.5. The highest BCUT2D eigenvalue weighted by Gasteiger charge is 2.16. The molecule has 0 aliphatic heterocycles. The van der Waals surface area contributed by atoms with Crippen LogP contribution in [0, 0.1) is 0 Å². The first kappa shape index (κ1) is 13.9. The maximum atomic E-state index is 12.2. The summed E-state index contributed by atoms with van der Waals surface area (Å²) in [4.78, 5) is 16.3. The van der Waals surface area contributed by atoms with Crippen molar-refractivity contribution in [1.29, 1.82) is 0 Å². The zero-order valence-electron chi connectivity index (χ0n) is 11.5. The van der Waals surface area contributed by atoms with Crippen molar-refractivity contribution in [3.8, 4) is 5.88 Å². The number of ether oxygens (including phenoxy) is 1. The number of carbonyl (C=O) groups is 1. The highest BCUT2D eigenvalue weighted by atomic mass is 16.5. The lowest BCUT2D eigenvalue weighted by atomic mass is 10.1. The van der Waals surface area contributed by atoms with E-state index in [2.05, 4.69) is 10.3 Å². The summed E-state index contributed by atoms with van der Waals surface area (Å²) in [5.74, 6) is 0.0592. The van der Waals surface area contributed by atoms with Crippen molar-refractivity contribution in [2.75, 3.05) is 12.8 Å². The molecule has 0 radical (unpaired) electrons. The van der Waals surface area contributed by atoms with E-state index in [0.29, 0.717) is 17.1 Å². The molecule has 2 aromatic rings. The van der Waals surface area contributed by atoms with Crippen LogP contribution in [0.25, 0.3) is 0 Å². The van der Waals surface area contributed by atoms with Gasteiger partial charge in [0.05, 0.1) is 13.2 Å². The first-order valence-electron chi connectivity index (χ1n) is 6.27. The molecule has 3 N–H and O–H groups in total. The lowest BCUT2D eigenvalue weighted by Crippen LogP contribution is -2.27. The number of rotatable bonds is 4. The van der Waals surface area contributed by atoms with E-state index in [1.54, 1.807) is 18.3 Å². The van der Waals surface area contributed by atoms with Crippen LogP contribution < -0.4 is 15.8 Å². The molecule has 0 aliphatic rings. The fourth-order valence-electron chi connectivity index (χ4n) is 1.98. The normalized spacial score (nSPS) is 11.7. The molecule has 1 atom stereocenters. The summed E-state index contributed by atoms with van der Waals surface area (Å²) in [7, 11) is 1.48. The summed E-state index contributed by atoms with van der Waals surface area (Å²) in [6.07, 6.45) is 1.58. The third-order valence-corrected chi connectivity index (χ3v) is 3.02. The standard InChI is InChI=1S/C15H17N3O2/c1-10(11-6-3-4-8-13(11)16)18-14(19)12-7-5-9-17-15(12)20-2/h3-10H,16H2,1-2H3,(H,18,19). The van der Waals surface area contributed by atoms with Crippen LogP contribution >= 0.6 is 0 Å². The topological polar surface area (TPSA) is 77.2 Å². The number of nitrogens with zero attached hydrogens (tertiary/aromatic N) is 1. The van der Waals surface area contributed by atoms with E-state index in [9.17, 15) is 4.79 Å². The van der Waals surface area contributed by atoms with Crippen LogP contribution in [0.1, 0.15) is 28.9 Å². The number of aromatic nitrogens is 1. The fraction of sp³-hybridized carbons (Fsp3) is 0.200. The summed E-state index contributed by atoms with van der Waals surface area (Å²) < 4.78 is 5.08. The first-order chi connectivity index (χ1) is 9.63. The molecule has 0 bridgehead atoms. The van der Waals surface area contributed by atoms with Crippen LogP contribution in [0.3, 0.4) is 0 Å². The molecule has 0 saturated carbocycles. The zero-order chi connectivity index (χ0) is 14.5. The van der Waals surface area contributed by atoms with Gasteiger partial charge in [-0.1, -0.05) is 18.2 Å². The maximum absolute atomic E-state index is 12.2. The van der Waals surface area contributed by atoms with Gasteiger partial charge >= 0.3 is 0 Å². The number of amides is 1. The molecular weight excluding hydrogens is 254 g/mol. The van der Waals surface area contributed by atoms with E-state index in [0.717, 1.165) is 5.56 Å². The van der Waals surface area contributed by atoms with Gasteiger partial charge < -0.3 is 15.8 Å². The molecule has 1 unspecified atom stereocenters. The second kappa shape index (κ2) is 6.06. The number of nitrogens with two attached hydrogens (primary N) is 1. The molecule has 1 heterocycles. The minimum Gasteiger partial charge on any atom is -0.480 e. The predicted octanol–water partition coefficient (Wildman–Crippen LogP) is 2.16. The Labute approximate surface area is 117 Å². The molecule has 1 aromatic carbocycles. The van der Waals surface area contributed by atoms with Crippen LogP contribution in [0.5, 0.6) is 5.88 Å². The highest BCUT2D eigenvalue weighted by Crippen LogP contribution is 2.21. The third kappa shape index (κ3) is 2.88. The summed E-state index contributed by atoms with van der Waals surface area (Å²) in [6, 6.07) is 10.6. The number of benzene rings is 1. The number of pyridine rings is 1. The Bertz CT molecular complexity index is 614. The largest absolute Gasteiger partial charge is 0.480 e. The van der Waals surface area contributed by atoms with Crippen LogP contribution in [-0.4, -0.2) is 18.0 Å². The number of para-hydroxylation sites is 1. The number of hydrogen-bond acceptors (Lipinski definition) is 4. The predicted molar refractivity (Wildman–Crippen MR) is 77.5 cm³/mol. The summed E-state index contributed by atoms with van der Waals surface area (Å²) in [5, 5.41) is 2.89. The second-order valence-electron chi connectivity index (χ2n) is 4.38. The highest BCUT2D eigenvalue weighted by molar-refractivity contribution is 5.96. The van der Waals surface area contributed by atoms with Gasteiger partial charge in [-0.05, 0) is 30.7 Å². The van der Waals surface area contributed by atoms with Crippen molar-refractivity contribution < 1.29 is 9.53 Å². The van der Waals surface area contributed by atoms with Crippen molar-refractivity contribution in [1.82, 2.24) is 10.3 Å². The van der Waals surface area contributed by atoms with Gasteiger partial charge in [0.25, 0.3) is 5.91 Å². The van der Waals surface area contributed by atoms with E-state index in [1.807, 2.05) is 31.2 Å². The number of anilines is 1. The van der Waals surface area contributed by atoms with E-state index < -0.39 is 0 Å². The van der Waals surface area contributed by atoms with Crippen LogP contribution in [-0.2, 0) is 0 Å². The summed E-state index contributed by atoms with van der Waals surface area (Å²) in [5.41, 5.74) is 7.83. The number of carbonyl (C=O) groups excluding carboxylic acids is 1. The Hall–Kier alpha value is -2.56. The van der Waals surface area contributed by atoms with Crippen molar-refractivity contribution in [3.63, 3.8) is 0 Å². The quantitative estimate of drug-likeness (QED) is 0.835. The Kier molecular flexibility index (Phi) is 4.20. The second-order valence-corrected chi connectivity index (χ2v) is 4.38. The van der Waals surface area contributed by atoms with E-state index in [-0.39, 0.29) is 11.9 Å². The lowest BCUT2D eigenvalue weighted by Gasteiger charge is -2.16. The molecule has 0 fully saturated rings. The summed E-state index contributed by atoms with van der Waals surface area (Å²) >= 11 is 0. The van der Waals surface area contributed by atoms with Crippen LogP contribution in [0.15, 0.2) is 42.6 Å². The van der Waals surface area contributed by atoms with Gasteiger partial charge in [-0.15, -0.1) is 0 Å². The van der Waals surface area contributed by atoms with Gasteiger partial charge in [-0.25, -0.2) is 4.98 Å². The summed E-state index contributed by atoms with van der Waals surface area (Å²) in [6.45, 7) is 1.88. The third-order valence-electron chi connectivity index (χ3n) is 3.02. The molecule has 104 valence electrons. The molecule has 2 rings (SSSR count). The van der Waals surface area contributed by atoms with Crippen LogP contribution in [0.2, 0.25) is 0 Å². The Balaban J connectivity index is 2.18. The Morgan fingerprint density at radius 2 is 2.05 bits per heavy atom. The van der Waals surface area contributed by atoms with Gasteiger partial charge in [0, 0.05) is 11.9 Å². The first-order valence-corrected chi connectivity index (χ1v) is 6.27. The Morgan fingerprint density at radius 3 is 2.75 bits per heavy atom. The minimum atomic E-state index is -0.245. The molecule has 20 heavy (non-hydrogen) atoms. The van der Waals surface area contributed by atoms with Gasteiger partial charge in [0.2, 0.25) is 5.88 Å². The molecule has 1 aromatic heterocycles. The average molecular weight is 271 g/mol. The molecule has 0 aliphatic carbocycles. The maximum Gasteiger partial charge on any atom is 0.257 e. The SMILES string of the molecule is COc1ncccc1C(=O)NC(C)c1ccccc1N. The van der Waals surface area contributed by atoms with E-state index in [4.69, 9.17) is 10.5 Å². The smallest absolute Gasteiger partial charge is 0.257 e. The number of methoxy groups -OCH3 is 1. The minimum absolute atomic E-state index is 0.200. The number of nitrogens with one attached hydrogen (secondary N) is 1. The van der Waals surface area contributed by atoms with Crippen molar-refractivity contribution in [3.05, 3.63) is 53.7 Å². The monoisotopic (exact) mass is 271 g/mol. The number of nitrogen functional groups attached to an aromatic ring is 1. The number of hydrogen-bond donors (Lipinski definition) is 2.